The van der Waals surface area contributed by atoms with Crippen LogP contribution in [0.4, 0.5) is 0 Å². The Morgan fingerprint density at radius 2 is 2.41 bits per heavy atom. The highest BCUT2D eigenvalue weighted by atomic mass is 16.3. The summed E-state index contributed by atoms with van der Waals surface area (Å²) in [7, 11) is 0. The quantitative estimate of drug-likeness (QED) is 0.686. The normalized spacial score (nSPS) is 12.4. The summed E-state index contributed by atoms with van der Waals surface area (Å²) in [5.74, 6) is -0.0275. The van der Waals surface area contributed by atoms with Gasteiger partial charge in [0.15, 0.2) is 0 Å². The Morgan fingerprint density at radius 1 is 1.59 bits per heavy atom. The Kier molecular flexibility index (Phi) is 6.24. The van der Waals surface area contributed by atoms with Gasteiger partial charge in [0.05, 0.1) is 12.3 Å². The maximum absolute atomic E-state index is 11.4. The molecule has 1 atom stereocenters. The van der Waals surface area contributed by atoms with Crippen molar-refractivity contribution < 1.29 is 9.90 Å². The number of aromatic nitrogens is 3. The lowest BCUT2D eigenvalue weighted by atomic mass is 10.2. The summed E-state index contributed by atoms with van der Waals surface area (Å²) >= 11 is 0. The van der Waals surface area contributed by atoms with Crippen molar-refractivity contribution in [3.8, 4) is 0 Å². The lowest BCUT2D eigenvalue weighted by molar-refractivity contribution is -0.121. The third-order valence-electron chi connectivity index (χ3n) is 2.42. The Bertz CT molecular complexity index is 313. The van der Waals surface area contributed by atoms with E-state index in [0.717, 1.165) is 19.3 Å². The fraction of sp³-hybridized carbons (Fsp3) is 0.727. The molecule has 0 aliphatic rings. The zero-order valence-electron chi connectivity index (χ0n) is 10.2. The number of aryl methyl sites for hydroxylation is 1. The molecule has 2 N–H and O–H groups in total. The van der Waals surface area contributed by atoms with Gasteiger partial charge in [-0.3, -0.25) is 9.48 Å². The van der Waals surface area contributed by atoms with Crippen molar-refractivity contribution in [2.24, 2.45) is 0 Å². The molecule has 1 unspecified atom stereocenters. The van der Waals surface area contributed by atoms with Gasteiger partial charge < -0.3 is 10.4 Å². The predicted octanol–water partition coefficient (Wildman–Crippen LogP) is 0.335. The maximum Gasteiger partial charge on any atom is 0.220 e. The number of nitrogens with one attached hydrogen (secondary N) is 1. The number of nitrogens with zero attached hydrogens (tertiary/aromatic N) is 3. The van der Waals surface area contributed by atoms with Crippen LogP contribution in [-0.2, 0) is 11.3 Å². The second-order valence-electron chi connectivity index (χ2n) is 4.02. The molecule has 6 heteroatoms. The molecule has 0 radical (unpaired) electrons. The summed E-state index contributed by atoms with van der Waals surface area (Å²) in [6, 6.07) is 0. The van der Waals surface area contributed by atoms with Crippen molar-refractivity contribution in [1.29, 1.82) is 0 Å². The largest absolute Gasteiger partial charge is 0.391 e. The second-order valence-corrected chi connectivity index (χ2v) is 4.02. The van der Waals surface area contributed by atoms with Crippen LogP contribution in [0.5, 0.6) is 0 Å². The first-order chi connectivity index (χ1) is 8.22. The van der Waals surface area contributed by atoms with Crippen LogP contribution in [0.2, 0.25) is 0 Å². The van der Waals surface area contributed by atoms with E-state index >= 15 is 0 Å². The zero-order chi connectivity index (χ0) is 12.5. The molecule has 0 aliphatic heterocycles. The molecule has 1 rings (SSSR count). The molecule has 96 valence electrons. The standard InChI is InChI=1S/C11H20N4O2/c1-2-4-10(16)9-12-11(17)5-3-7-15-8-6-13-14-15/h6,8,10,16H,2-5,7,9H2,1H3,(H,12,17). The first-order valence-corrected chi connectivity index (χ1v) is 6.01. The number of carbonyl (C=O) groups excluding carboxylic acids is 1. The predicted molar refractivity (Wildman–Crippen MR) is 63.2 cm³/mol. The second kappa shape index (κ2) is 7.78. The molecule has 0 saturated heterocycles. The Hall–Kier alpha value is -1.43. The average Bonchev–Trinajstić information content (AvgIpc) is 2.80. The topological polar surface area (TPSA) is 80.0 Å². The van der Waals surface area contributed by atoms with Crippen LogP contribution in [0.3, 0.4) is 0 Å². The minimum atomic E-state index is -0.431. The van der Waals surface area contributed by atoms with E-state index in [1.54, 1.807) is 17.1 Å². The van der Waals surface area contributed by atoms with Crippen LogP contribution in [-0.4, -0.2) is 38.7 Å². The van der Waals surface area contributed by atoms with Crippen LogP contribution >= 0.6 is 0 Å². The van der Waals surface area contributed by atoms with Gasteiger partial charge in [0.25, 0.3) is 0 Å². The van der Waals surface area contributed by atoms with Gasteiger partial charge in [0, 0.05) is 25.7 Å². The number of aliphatic hydroxyl groups is 1. The fourth-order valence-electron chi connectivity index (χ4n) is 1.51. The van der Waals surface area contributed by atoms with Gasteiger partial charge in [-0.2, -0.15) is 0 Å². The van der Waals surface area contributed by atoms with Crippen molar-refractivity contribution in [3.05, 3.63) is 12.4 Å². The van der Waals surface area contributed by atoms with Gasteiger partial charge in [-0.15, -0.1) is 5.10 Å². The van der Waals surface area contributed by atoms with E-state index in [2.05, 4.69) is 15.6 Å². The van der Waals surface area contributed by atoms with Crippen molar-refractivity contribution in [2.45, 2.75) is 45.3 Å². The number of aliphatic hydroxyl groups excluding tert-OH is 1. The van der Waals surface area contributed by atoms with E-state index in [0.29, 0.717) is 19.5 Å². The molecule has 1 aromatic heterocycles. The van der Waals surface area contributed by atoms with E-state index in [9.17, 15) is 9.90 Å². The maximum atomic E-state index is 11.4. The van der Waals surface area contributed by atoms with Crippen LogP contribution in [0.1, 0.15) is 32.6 Å². The van der Waals surface area contributed by atoms with E-state index < -0.39 is 6.10 Å². The third-order valence-corrected chi connectivity index (χ3v) is 2.42. The van der Waals surface area contributed by atoms with E-state index in [1.165, 1.54) is 0 Å². The first kappa shape index (κ1) is 13.6. The lowest BCUT2D eigenvalue weighted by Crippen LogP contribution is -2.31. The van der Waals surface area contributed by atoms with E-state index in [4.69, 9.17) is 0 Å². The molecule has 0 fully saturated rings. The van der Waals surface area contributed by atoms with Gasteiger partial charge >= 0.3 is 0 Å². The SMILES string of the molecule is CCCC(O)CNC(=O)CCCn1ccnn1. The Balaban J connectivity index is 2.05. The van der Waals surface area contributed by atoms with Gasteiger partial charge in [-0.1, -0.05) is 18.6 Å². The third kappa shape index (κ3) is 6.01. The molecule has 6 nitrogen and oxygen atoms in total. The summed E-state index contributed by atoms with van der Waals surface area (Å²) in [5.41, 5.74) is 0. The number of carbonyl (C=O) groups is 1. The van der Waals surface area contributed by atoms with E-state index in [-0.39, 0.29) is 5.91 Å². The highest BCUT2D eigenvalue weighted by Crippen LogP contribution is 1.96. The Morgan fingerprint density at radius 3 is 3.06 bits per heavy atom. The van der Waals surface area contributed by atoms with Crippen LogP contribution in [0.25, 0.3) is 0 Å². The van der Waals surface area contributed by atoms with Crippen molar-refractivity contribution >= 4 is 5.91 Å². The van der Waals surface area contributed by atoms with Gasteiger partial charge in [-0.25, -0.2) is 0 Å². The summed E-state index contributed by atoms with van der Waals surface area (Å²) in [5, 5.41) is 19.6. The van der Waals surface area contributed by atoms with Crippen molar-refractivity contribution in [2.75, 3.05) is 6.54 Å². The lowest BCUT2D eigenvalue weighted by Gasteiger charge is -2.10. The molecule has 1 heterocycles. The van der Waals surface area contributed by atoms with Gasteiger partial charge in [0.1, 0.15) is 0 Å². The number of amides is 1. The smallest absolute Gasteiger partial charge is 0.220 e. The molecular weight excluding hydrogens is 220 g/mol. The number of rotatable bonds is 8. The molecule has 1 amide bonds. The average molecular weight is 240 g/mol. The molecule has 0 saturated carbocycles. The molecule has 17 heavy (non-hydrogen) atoms. The highest BCUT2D eigenvalue weighted by Gasteiger charge is 2.05. The summed E-state index contributed by atoms with van der Waals surface area (Å²) in [6.07, 6.45) is 5.75. The molecule has 0 spiro atoms. The molecular formula is C11H20N4O2. The van der Waals surface area contributed by atoms with Crippen molar-refractivity contribution in [3.63, 3.8) is 0 Å². The van der Waals surface area contributed by atoms with Gasteiger partial charge in [0.2, 0.25) is 5.91 Å². The van der Waals surface area contributed by atoms with Crippen LogP contribution in [0, 0.1) is 0 Å². The highest BCUT2D eigenvalue weighted by molar-refractivity contribution is 5.75. The van der Waals surface area contributed by atoms with Gasteiger partial charge in [-0.05, 0) is 12.8 Å². The number of hydrogen-bond donors (Lipinski definition) is 2. The summed E-state index contributed by atoms with van der Waals surface area (Å²) in [6.45, 7) is 3.03. The molecule has 0 bridgehead atoms. The first-order valence-electron chi connectivity index (χ1n) is 6.01. The minimum absolute atomic E-state index is 0.0275. The monoisotopic (exact) mass is 240 g/mol. The molecule has 0 aliphatic carbocycles. The molecule has 0 aromatic carbocycles. The Labute approximate surface area is 101 Å². The summed E-state index contributed by atoms with van der Waals surface area (Å²) in [4.78, 5) is 11.4. The number of hydrogen-bond acceptors (Lipinski definition) is 4. The van der Waals surface area contributed by atoms with E-state index in [1.807, 2.05) is 6.92 Å². The summed E-state index contributed by atoms with van der Waals surface area (Å²) < 4.78 is 1.69. The van der Waals surface area contributed by atoms with Crippen molar-refractivity contribution in [1.82, 2.24) is 20.3 Å². The zero-order valence-corrected chi connectivity index (χ0v) is 10.2. The van der Waals surface area contributed by atoms with Crippen LogP contribution < -0.4 is 5.32 Å². The minimum Gasteiger partial charge on any atom is -0.391 e. The fourth-order valence-corrected chi connectivity index (χ4v) is 1.51. The van der Waals surface area contributed by atoms with Crippen LogP contribution in [0.15, 0.2) is 12.4 Å². The molecule has 1 aromatic rings.